The molecule has 1 aliphatic rings. The molecule has 4 rings (SSSR count). The standard InChI is InChI=1S/C14H20N2O3.C12H14N4O3/c17-13(15-12-8-4-3-5-9-12)10-6-1-2-7-11-14(18)16-19;13-12-9-7(1-2-14-12)16(5-15-9)8-3-6(4-17)10(18)11(8)19/h3-5,8-9,19H,1-2,6-7,10-11H2,(H,15,17)(H,16,18);1-3,5,8,10-11,17-19H,4H2,(H2,13,14)/t;8-,10-,11+/m.1/s1. The van der Waals surface area contributed by atoms with Crippen molar-refractivity contribution in [2.24, 2.45) is 0 Å². The molecule has 204 valence electrons. The number of nitrogens with zero attached hydrogens (tertiary/aromatic N) is 3. The molecule has 0 saturated carbocycles. The largest absolute Gasteiger partial charge is 0.392 e. The third-order valence-corrected chi connectivity index (χ3v) is 6.20. The van der Waals surface area contributed by atoms with Crippen molar-refractivity contribution in [1.29, 1.82) is 0 Å². The van der Waals surface area contributed by atoms with E-state index in [9.17, 15) is 19.8 Å². The number of imidazole rings is 1. The molecule has 38 heavy (non-hydrogen) atoms. The van der Waals surface area contributed by atoms with Crippen LogP contribution in [0.1, 0.15) is 44.6 Å². The molecular weight excluding hydrogens is 492 g/mol. The van der Waals surface area contributed by atoms with Crippen LogP contribution in [0.2, 0.25) is 0 Å². The van der Waals surface area contributed by atoms with Crippen LogP contribution in [0.25, 0.3) is 11.0 Å². The average molecular weight is 527 g/mol. The van der Waals surface area contributed by atoms with E-state index in [4.69, 9.17) is 16.0 Å². The number of nitrogens with two attached hydrogens (primary N) is 1. The third kappa shape index (κ3) is 7.59. The van der Waals surface area contributed by atoms with E-state index in [1.807, 2.05) is 30.3 Å². The summed E-state index contributed by atoms with van der Waals surface area (Å²) < 4.78 is 1.71. The molecule has 0 saturated heterocycles. The van der Waals surface area contributed by atoms with Crippen molar-refractivity contribution < 1.29 is 30.1 Å². The number of hydroxylamine groups is 1. The zero-order chi connectivity index (χ0) is 27.5. The number of rotatable bonds is 10. The predicted molar refractivity (Wildman–Crippen MR) is 141 cm³/mol. The molecule has 0 bridgehead atoms. The molecule has 8 N–H and O–H groups in total. The van der Waals surface area contributed by atoms with Crippen molar-refractivity contribution in [3.05, 3.63) is 60.6 Å². The summed E-state index contributed by atoms with van der Waals surface area (Å²) in [7, 11) is 0. The normalized spacial score (nSPS) is 18.4. The second kappa shape index (κ2) is 14.2. The first-order chi connectivity index (χ1) is 18.3. The Kier molecular flexibility index (Phi) is 10.7. The first-order valence-corrected chi connectivity index (χ1v) is 12.4. The number of aliphatic hydroxyl groups is 3. The number of hydrogen-bond donors (Lipinski definition) is 7. The van der Waals surface area contributed by atoms with Gasteiger partial charge in [0.05, 0.1) is 24.5 Å². The maximum absolute atomic E-state index is 11.6. The van der Waals surface area contributed by atoms with Gasteiger partial charge in [0.15, 0.2) is 5.82 Å². The Morgan fingerprint density at radius 3 is 2.29 bits per heavy atom. The topological polar surface area (TPSA) is 196 Å². The highest BCUT2D eigenvalue weighted by atomic mass is 16.5. The Morgan fingerprint density at radius 1 is 0.974 bits per heavy atom. The van der Waals surface area contributed by atoms with Gasteiger partial charge in [0, 0.05) is 24.7 Å². The Balaban J connectivity index is 0.000000211. The molecule has 1 aromatic carbocycles. The lowest BCUT2D eigenvalue weighted by atomic mass is 10.1. The number of hydrogen-bond acceptors (Lipinski definition) is 9. The van der Waals surface area contributed by atoms with Crippen LogP contribution >= 0.6 is 0 Å². The Morgan fingerprint density at radius 2 is 1.66 bits per heavy atom. The van der Waals surface area contributed by atoms with E-state index in [2.05, 4.69) is 15.3 Å². The number of aromatic nitrogens is 3. The molecule has 2 aromatic heterocycles. The zero-order valence-corrected chi connectivity index (χ0v) is 20.9. The first-order valence-electron chi connectivity index (χ1n) is 12.4. The summed E-state index contributed by atoms with van der Waals surface area (Å²) >= 11 is 0. The number of anilines is 2. The maximum atomic E-state index is 11.6. The number of nitrogen functional groups attached to an aromatic ring is 1. The van der Waals surface area contributed by atoms with Gasteiger partial charge in [-0.05, 0) is 36.6 Å². The molecule has 12 heteroatoms. The molecule has 3 aromatic rings. The van der Waals surface area contributed by atoms with Gasteiger partial charge >= 0.3 is 0 Å². The number of amides is 2. The molecule has 0 spiro atoms. The minimum absolute atomic E-state index is 0.0132. The summed E-state index contributed by atoms with van der Waals surface area (Å²) in [5, 5.41) is 40.1. The summed E-state index contributed by atoms with van der Waals surface area (Å²) in [4.78, 5) is 30.4. The van der Waals surface area contributed by atoms with Crippen molar-refractivity contribution in [3.8, 4) is 0 Å². The SMILES string of the molecule is Nc1nccc2c1ncn2[C@@H]1C=C(CO)[C@@H](O)[C@H]1O.O=C(CCCCCCC(=O)Nc1ccccc1)NO. The van der Waals surface area contributed by atoms with Crippen LogP contribution in [0.5, 0.6) is 0 Å². The molecule has 12 nitrogen and oxygen atoms in total. The van der Waals surface area contributed by atoms with Gasteiger partial charge in [0.25, 0.3) is 0 Å². The van der Waals surface area contributed by atoms with E-state index in [0.717, 1.165) is 36.9 Å². The van der Waals surface area contributed by atoms with Crippen LogP contribution in [0.3, 0.4) is 0 Å². The Bertz CT molecular complexity index is 1230. The monoisotopic (exact) mass is 526 g/mol. The molecule has 2 heterocycles. The zero-order valence-electron chi connectivity index (χ0n) is 20.9. The van der Waals surface area contributed by atoms with Crippen LogP contribution in [-0.4, -0.2) is 65.7 Å². The highest BCUT2D eigenvalue weighted by Gasteiger charge is 2.35. The van der Waals surface area contributed by atoms with Crippen LogP contribution < -0.4 is 16.5 Å². The number of benzene rings is 1. The van der Waals surface area contributed by atoms with E-state index in [1.165, 1.54) is 0 Å². The fraction of sp³-hybridized carbons (Fsp3) is 0.385. The van der Waals surface area contributed by atoms with Gasteiger partial charge in [-0.3, -0.25) is 14.8 Å². The Hall–Kier alpha value is -3.84. The van der Waals surface area contributed by atoms with Gasteiger partial charge in [-0.25, -0.2) is 15.4 Å². The van der Waals surface area contributed by atoms with Crippen LogP contribution in [0.15, 0.2) is 60.6 Å². The molecule has 2 amide bonds. The summed E-state index contributed by atoms with van der Waals surface area (Å²) in [6.45, 7) is -0.287. The van der Waals surface area contributed by atoms with Gasteiger partial charge < -0.3 is 30.9 Å². The molecule has 1 aliphatic carbocycles. The first kappa shape index (κ1) is 28.7. The highest BCUT2D eigenvalue weighted by molar-refractivity contribution is 5.90. The number of fused-ring (bicyclic) bond motifs is 1. The predicted octanol–water partition coefficient (Wildman–Crippen LogP) is 1.68. The van der Waals surface area contributed by atoms with Gasteiger partial charge in [-0.2, -0.15) is 0 Å². The number of aliphatic hydroxyl groups excluding tert-OH is 3. The van der Waals surface area contributed by atoms with Crippen LogP contribution in [0.4, 0.5) is 11.5 Å². The summed E-state index contributed by atoms with van der Waals surface area (Å²) in [5.74, 6) is -0.0308. The van der Waals surface area contributed by atoms with Gasteiger partial charge in [-0.15, -0.1) is 0 Å². The quantitative estimate of drug-likeness (QED) is 0.0889. The number of para-hydroxylation sites is 1. The molecule has 3 atom stereocenters. The van der Waals surface area contributed by atoms with Gasteiger partial charge in [-0.1, -0.05) is 37.1 Å². The van der Waals surface area contributed by atoms with Crippen molar-refractivity contribution in [2.75, 3.05) is 17.7 Å². The summed E-state index contributed by atoms with van der Waals surface area (Å²) in [6.07, 6.45) is 6.80. The number of carbonyl (C=O) groups excluding carboxylic acids is 2. The fourth-order valence-corrected chi connectivity index (χ4v) is 4.16. The number of unbranched alkanes of at least 4 members (excludes halogenated alkanes) is 3. The van der Waals surface area contributed by atoms with Crippen LogP contribution in [-0.2, 0) is 9.59 Å². The second-order valence-corrected chi connectivity index (χ2v) is 8.90. The number of carbonyl (C=O) groups is 2. The summed E-state index contributed by atoms with van der Waals surface area (Å²) in [6, 6.07) is 10.6. The molecule has 0 radical (unpaired) electrons. The highest BCUT2D eigenvalue weighted by Crippen LogP contribution is 2.32. The van der Waals surface area contributed by atoms with E-state index in [0.29, 0.717) is 29.7 Å². The minimum atomic E-state index is -1.06. The molecular formula is C26H34N6O6. The van der Waals surface area contributed by atoms with E-state index in [1.54, 1.807) is 34.7 Å². The van der Waals surface area contributed by atoms with E-state index in [-0.39, 0.29) is 18.4 Å². The van der Waals surface area contributed by atoms with Crippen molar-refractivity contribution in [2.45, 2.75) is 56.8 Å². The molecule has 0 fully saturated rings. The second-order valence-electron chi connectivity index (χ2n) is 8.90. The van der Waals surface area contributed by atoms with Gasteiger partial charge in [0.2, 0.25) is 11.8 Å². The lowest BCUT2D eigenvalue weighted by Gasteiger charge is -2.19. The maximum Gasteiger partial charge on any atom is 0.243 e. The summed E-state index contributed by atoms with van der Waals surface area (Å²) in [5.41, 5.74) is 9.82. The third-order valence-electron chi connectivity index (χ3n) is 6.20. The lowest BCUT2D eigenvalue weighted by molar-refractivity contribution is -0.129. The minimum Gasteiger partial charge on any atom is -0.392 e. The Labute approximate surface area is 219 Å². The molecule has 0 unspecified atom stereocenters. The fourth-order valence-electron chi connectivity index (χ4n) is 4.16. The van der Waals surface area contributed by atoms with Crippen molar-refractivity contribution in [1.82, 2.24) is 20.0 Å². The lowest BCUT2D eigenvalue weighted by Crippen LogP contribution is -2.29. The van der Waals surface area contributed by atoms with Gasteiger partial charge in [0.1, 0.15) is 17.7 Å². The van der Waals surface area contributed by atoms with Crippen molar-refractivity contribution in [3.63, 3.8) is 0 Å². The van der Waals surface area contributed by atoms with E-state index >= 15 is 0 Å². The van der Waals surface area contributed by atoms with Crippen LogP contribution in [0, 0.1) is 0 Å². The smallest absolute Gasteiger partial charge is 0.243 e. The molecule has 0 aliphatic heterocycles. The average Bonchev–Trinajstić information content (AvgIpc) is 3.48. The van der Waals surface area contributed by atoms with E-state index < -0.39 is 18.2 Å². The number of pyridine rings is 1. The number of nitrogens with one attached hydrogen (secondary N) is 2. The van der Waals surface area contributed by atoms with Crippen molar-refractivity contribution >= 4 is 34.4 Å².